The Morgan fingerprint density at radius 2 is 1.39 bits per heavy atom. The highest BCUT2D eigenvalue weighted by molar-refractivity contribution is 5.63. The van der Waals surface area contributed by atoms with E-state index < -0.39 is 0 Å². The van der Waals surface area contributed by atoms with Crippen molar-refractivity contribution in [2.24, 2.45) is 0 Å². The van der Waals surface area contributed by atoms with E-state index in [1.807, 2.05) is 31.2 Å². The van der Waals surface area contributed by atoms with E-state index in [1.54, 1.807) is 24.3 Å². The fourth-order valence-electron chi connectivity index (χ4n) is 2.12. The lowest BCUT2D eigenvalue weighted by Crippen LogP contribution is -1.99. The van der Waals surface area contributed by atoms with Gasteiger partial charge in [0.2, 0.25) is 0 Å². The van der Waals surface area contributed by atoms with Gasteiger partial charge in [-0.25, -0.2) is 19.8 Å². The van der Waals surface area contributed by atoms with Crippen LogP contribution >= 0.6 is 0 Å². The molecule has 0 bridgehead atoms. The van der Waals surface area contributed by atoms with Crippen LogP contribution in [0.1, 0.15) is 11.4 Å². The van der Waals surface area contributed by atoms with E-state index in [9.17, 15) is 0 Å². The molecular weight excluding hydrogens is 286 g/mol. The lowest BCUT2D eigenvalue weighted by Gasteiger charge is -2.06. The van der Waals surface area contributed by atoms with Gasteiger partial charge in [0.15, 0.2) is 17.3 Å². The maximum Gasteiger partial charge on any atom is 0.187 e. The van der Waals surface area contributed by atoms with Gasteiger partial charge in [-0.2, -0.15) is 5.26 Å². The molecule has 0 saturated carbocycles. The molecule has 0 aliphatic rings. The van der Waals surface area contributed by atoms with Crippen LogP contribution < -0.4 is 0 Å². The van der Waals surface area contributed by atoms with Gasteiger partial charge in [-0.15, -0.1) is 0 Å². The molecule has 2 aromatic carbocycles. The second kappa shape index (κ2) is 6.05. The molecule has 0 aliphatic heterocycles. The highest BCUT2D eigenvalue weighted by Crippen LogP contribution is 2.22. The third-order valence-electron chi connectivity index (χ3n) is 3.27. The van der Waals surface area contributed by atoms with Crippen molar-refractivity contribution in [3.05, 3.63) is 71.3 Å². The number of hydrogen-bond donors (Lipinski definition) is 0. The summed E-state index contributed by atoms with van der Waals surface area (Å²) in [5.74, 6) is 1.74. The third kappa shape index (κ3) is 3.04. The minimum absolute atomic E-state index is 0.561. The van der Waals surface area contributed by atoms with Crippen LogP contribution in [0.4, 0.5) is 5.69 Å². The first kappa shape index (κ1) is 14.4. The summed E-state index contributed by atoms with van der Waals surface area (Å²) in [5.41, 5.74) is 2.83. The molecule has 0 amide bonds. The molecule has 5 heteroatoms. The van der Waals surface area contributed by atoms with Crippen LogP contribution in [0.3, 0.4) is 0 Å². The lowest BCUT2D eigenvalue weighted by molar-refractivity contribution is 0.992. The van der Waals surface area contributed by atoms with Gasteiger partial charge in [0.1, 0.15) is 5.82 Å². The molecule has 0 radical (unpaired) electrons. The van der Waals surface area contributed by atoms with E-state index in [4.69, 9.17) is 11.8 Å². The van der Waals surface area contributed by atoms with E-state index >= 15 is 0 Å². The number of hydrogen-bond acceptors (Lipinski definition) is 4. The zero-order chi connectivity index (χ0) is 16.2. The summed E-state index contributed by atoms with van der Waals surface area (Å²) in [5, 5.41) is 8.87. The average Bonchev–Trinajstić information content (AvgIpc) is 2.61. The first-order chi connectivity index (χ1) is 11.2. The standard InChI is InChI=1S/C18H11N5/c1-12-21-17(14-5-3-13(11-19)4-6-14)23-18(22-12)15-7-9-16(20-2)10-8-15/h3-10H,1H3. The smallest absolute Gasteiger partial charge is 0.187 e. The fraction of sp³-hybridized carbons (Fsp3) is 0.0556. The van der Waals surface area contributed by atoms with Crippen LogP contribution in [-0.2, 0) is 0 Å². The van der Waals surface area contributed by atoms with Gasteiger partial charge in [-0.1, -0.05) is 24.3 Å². The summed E-state index contributed by atoms with van der Waals surface area (Å²) >= 11 is 0. The van der Waals surface area contributed by atoms with Crippen molar-refractivity contribution in [3.63, 3.8) is 0 Å². The van der Waals surface area contributed by atoms with Crippen LogP contribution in [0, 0.1) is 24.8 Å². The van der Waals surface area contributed by atoms with Crippen molar-refractivity contribution in [1.82, 2.24) is 15.0 Å². The Labute approximate surface area is 133 Å². The second-order valence-corrected chi connectivity index (χ2v) is 4.88. The molecule has 1 aromatic heterocycles. The zero-order valence-corrected chi connectivity index (χ0v) is 12.4. The molecule has 23 heavy (non-hydrogen) atoms. The topological polar surface area (TPSA) is 66.8 Å². The highest BCUT2D eigenvalue weighted by Gasteiger charge is 2.08. The summed E-state index contributed by atoms with van der Waals surface area (Å²) in [7, 11) is 0. The minimum atomic E-state index is 0.561. The average molecular weight is 297 g/mol. The van der Waals surface area contributed by atoms with Gasteiger partial charge in [0.05, 0.1) is 18.2 Å². The molecular formula is C18H11N5. The normalized spacial score (nSPS) is 9.87. The van der Waals surface area contributed by atoms with Crippen molar-refractivity contribution in [2.45, 2.75) is 6.92 Å². The van der Waals surface area contributed by atoms with Gasteiger partial charge < -0.3 is 0 Å². The van der Waals surface area contributed by atoms with Crippen molar-refractivity contribution >= 4 is 5.69 Å². The Balaban J connectivity index is 2.04. The number of aryl methyl sites for hydroxylation is 1. The van der Waals surface area contributed by atoms with Crippen LogP contribution in [0.15, 0.2) is 48.5 Å². The molecule has 0 atom stereocenters. The predicted octanol–water partition coefficient (Wildman–Crippen LogP) is 3.94. The molecule has 5 nitrogen and oxygen atoms in total. The summed E-state index contributed by atoms with van der Waals surface area (Å²) in [6.45, 7) is 8.80. The maximum atomic E-state index is 8.87. The molecule has 0 N–H and O–H groups in total. The maximum absolute atomic E-state index is 8.87. The van der Waals surface area contributed by atoms with Crippen molar-refractivity contribution in [3.8, 4) is 28.8 Å². The van der Waals surface area contributed by atoms with Gasteiger partial charge >= 0.3 is 0 Å². The first-order valence-electron chi connectivity index (χ1n) is 6.91. The number of benzene rings is 2. The summed E-state index contributed by atoms with van der Waals surface area (Å²) in [6, 6.07) is 16.3. The Hall–Kier alpha value is -3.57. The van der Waals surface area contributed by atoms with Crippen LogP contribution in [-0.4, -0.2) is 15.0 Å². The number of rotatable bonds is 2. The van der Waals surface area contributed by atoms with Gasteiger partial charge in [-0.3, -0.25) is 0 Å². The van der Waals surface area contributed by atoms with E-state index in [2.05, 4.69) is 25.9 Å². The number of nitriles is 1. The Kier molecular flexibility index (Phi) is 3.78. The molecule has 108 valence electrons. The van der Waals surface area contributed by atoms with E-state index in [0.717, 1.165) is 11.1 Å². The Morgan fingerprint density at radius 3 is 1.87 bits per heavy atom. The Morgan fingerprint density at radius 1 is 0.870 bits per heavy atom. The Bertz CT molecular complexity index is 853. The quantitative estimate of drug-likeness (QED) is 0.672. The summed E-state index contributed by atoms with van der Waals surface area (Å²) < 4.78 is 0. The molecule has 1 heterocycles. The van der Waals surface area contributed by atoms with E-state index in [1.165, 1.54) is 0 Å². The summed E-state index contributed by atoms with van der Waals surface area (Å²) in [6.07, 6.45) is 0. The van der Waals surface area contributed by atoms with Gasteiger partial charge in [-0.05, 0) is 31.2 Å². The molecule has 0 unspecified atom stereocenters. The lowest BCUT2D eigenvalue weighted by atomic mass is 10.1. The summed E-state index contributed by atoms with van der Waals surface area (Å²) in [4.78, 5) is 16.6. The monoisotopic (exact) mass is 297 g/mol. The van der Waals surface area contributed by atoms with Crippen molar-refractivity contribution in [2.75, 3.05) is 0 Å². The number of aromatic nitrogens is 3. The molecule has 0 aliphatic carbocycles. The van der Waals surface area contributed by atoms with E-state index in [0.29, 0.717) is 28.7 Å². The predicted molar refractivity (Wildman–Crippen MR) is 86.4 cm³/mol. The van der Waals surface area contributed by atoms with Crippen molar-refractivity contribution in [1.29, 1.82) is 5.26 Å². The van der Waals surface area contributed by atoms with Gasteiger partial charge in [0, 0.05) is 11.1 Å². The highest BCUT2D eigenvalue weighted by atomic mass is 15.0. The first-order valence-corrected chi connectivity index (χ1v) is 6.91. The molecule has 0 spiro atoms. The van der Waals surface area contributed by atoms with Crippen molar-refractivity contribution < 1.29 is 0 Å². The largest absolute Gasteiger partial charge is 0.238 e. The molecule has 0 fully saturated rings. The SMILES string of the molecule is [C-]#[N+]c1ccc(-c2nc(C)nc(-c3ccc(C#N)cc3)n2)cc1. The minimum Gasteiger partial charge on any atom is -0.238 e. The van der Waals surface area contributed by atoms with Crippen LogP contribution in [0.5, 0.6) is 0 Å². The molecule has 0 saturated heterocycles. The third-order valence-corrected chi connectivity index (χ3v) is 3.27. The van der Waals surface area contributed by atoms with Crippen LogP contribution in [0.2, 0.25) is 0 Å². The molecule has 3 aromatic rings. The zero-order valence-electron chi connectivity index (χ0n) is 12.4. The fourth-order valence-corrected chi connectivity index (χ4v) is 2.12. The molecule has 3 rings (SSSR count). The van der Waals surface area contributed by atoms with Gasteiger partial charge in [0.25, 0.3) is 0 Å². The second-order valence-electron chi connectivity index (χ2n) is 4.88. The number of nitrogens with zero attached hydrogens (tertiary/aromatic N) is 5. The van der Waals surface area contributed by atoms with E-state index in [-0.39, 0.29) is 0 Å². The van der Waals surface area contributed by atoms with Crippen LogP contribution in [0.25, 0.3) is 27.6 Å².